The number of amides is 6. The first-order valence-corrected chi connectivity index (χ1v) is 24.3. The number of hydrogen-bond donors (Lipinski definition) is 7. The number of aromatic amines is 1. The lowest BCUT2D eigenvalue weighted by Gasteiger charge is -2.33. The van der Waals surface area contributed by atoms with E-state index in [1.807, 2.05) is 27.7 Å². The van der Waals surface area contributed by atoms with E-state index in [4.69, 9.17) is 4.74 Å². The number of H-pyrrole nitrogens is 1. The van der Waals surface area contributed by atoms with Crippen LogP contribution in [-0.4, -0.2) is 131 Å². The highest BCUT2D eigenvalue weighted by Crippen LogP contribution is 2.36. The Morgan fingerprint density at radius 2 is 1.60 bits per heavy atom. The van der Waals surface area contributed by atoms with Crippen molar-refractivity contribution in [2.24, 2.45) is 29.6 Å². The summed E-state index contributed by atoms with van der Waals surface area (Å²) >= 11 is 1.15. The van der Waals surface area contributed by atoms with Crippen LogP contribution in [0.4, 0.5) is 0 Å². The molecule has 10 atom stereocenters. The number of ether oxygens (including phenoxy) is 1. The van der Waals surface area contributed by atoms with Crippen LogP contribution in [0.25, 0.3) is 10.9 Å². The summed E-state index contributed by atoms with van der Waals surface area (Å²) in [4.78, 5) is 132. The molecule has 3 aliphatic rings. The number of aromatic nitrogens is 1. The fourth-order valence-electron chi connectivity index (χ4n) is 8.95. The van der Waals surface area contributed by atoms with E-state index in [2.05, 4.69) is 38.1 Å². The normalized spacial score (nSPS) is 26.8. The lowest BCUT2D eigenvalue weighted by atomic mass is 9.81. The molecule has 0 radical (unpaired) electrons. The molecular formula is C48H67N7O11S. The molecule has 1 unspecified atom stereocenters. The summed E-state index contributed by atoms with van der Waals surface area (Å²) in [6, 6.07) is 0.442. The number of aliphatic hydroxyl groups is 1. The first kappa shape index (κ1) is 52.4. The molecule has 3 aliphatic heterocycles. The topological polar surface area (TPSA) is 262 Å². The van der Waals surface area contributed by atoms with Gasteiger partial charge in [0.1, 0.15) is 23.6 Å². The predicted octanol–water partition coefficient (Wildman–Crippen LogP) is 2.29. The third-order valence-corrected chi connectivity index (χ3v) is 14.7. The summed E-state index contributed by atoms with van der Waals surface area (Å²) in [5.41, 5.74) is 1.20. The number of benzene rings is 1. The maximum Gasteiger partial charge on any atom is 0.243 e. The molecule has 2 bridgehead atoms. The number of Topliss-reactive ketones (excluding diaryl/α,β-unsaturated/α-hetero) is 3. The van der Waals surface area contributed by atoms with E-state index in [1.165, 1.54) is 7.11 Å². The van der Waals surface area contributed by atoms with E-state index in [0.717, 1.165) is 16.7 Å². The smallest absolute Gasteiger partial charge is 0.243 e. The van der Waals surface area contributed by atoms with Gasteiger partial charge in [-0.05, 0) is 48.3 Å². The number of thioether (sulfide) groups is 1. The highest BCUT2D eigenvalue weighted by atomic mass is 32.2. The highest BCUT2D eigenvalue weighted by Gasteiger charge is 2.44. The van der Waals surface area contributed by atoms with Crippen molar-refractivity contribution in [2.75, 3.05) is 32.5 Å². The van der Waals surface area contributed by atoms with Gasteiger partial charge in [-0.1, -0.05) is 53.5 Å². The van der Waals surface area contributed by atoms with Crippen molar-refractivity contribution in [1.82, 2.24) is 36.5 Å². The lowest BCUT2D eigenvalue weighted by molar-refractivity contribution is -0.145. The molecule has 1 aromatic carbocycles. The Labute approximate surface area is 395 Å². The molecule has 19 heteroatoms. The Balaban J connectivity index is 1.72. The summed E-state index contributed by atoms with van der Waals surface area (Å²) in [7, 11) is 1.51. The van der Waals surface area contributed by atoms with Crippen molar-refractivity contribution in [1.29, 1.82) is 0 Å². The van der Waals surface area contributed by atoms with Gasteiger partial charge < -0.3 is 46.3 Å². The number of nitrogens with zero attached hydrogens (tertiary/aromatic N) is 1. The van der Waals surface area contributed by atoms with Gasteiger partial charge in [0.25, 0.3) is 0 Å². The fraction of sp³-hybridized carbons (Fsp3) is 0.604. The summed E-state index contributed by atoms with van der Waals surface area (Å²) in [5, 5.41) is 25.6. The molecule has 67 heavy (non-hydrogen) atoms. The number of carbonyl (C=O) groups is 9. The molecule has 366 valence electrons. The maximum atomic E-state index is 14.9. The van der Waals surface area contributed by atoms with Crippen LogP contribution >= 0.6 is 11.8 Å². The van der Waals surface area contributed by atoms with E-state index in [0.29, 0.717) is 46.5 Å². The summed E-state index contributed by atoms with van der Waals surface area (Å²) < 4.78 is 5.50. The average molecular weight is 950 g/mol. The van der Waals surface area contributed by atoms with E-state index in [-0.39, 0.29) is 49.7 Å². The standard InChI is InChI=1S/C48H67N7O11S/c1-8-11-12-30(56)15-29-18-38(58)36-24-67-47-34(33-14-13-32(66-7)20-35(33)52-47)16-28(44(62)49-22-41(61)53-42(26(5)10-3)46(64)50-21-40(60)51-36)17-39(59)43(27(6)25(4)9-2)54-45(63)37-19-31(57)23-55(37)48(29)65/h8,13-14,20,25-29,31,36-37,42-43,52,57H,1,9-12,15-19,21-24H2,2-7H3,(H,49,62)(H,50,64)(H,51,60)(H,53,61)(H,54,63)/t25-,26-,27-,28+,29+,31+,36-,37?,42-,43+/m0/s1. The molecule has 6 amide bonds. The SMILES string of the molecule is C=CCCC(=O)C[C@@H]1CC(=O)[C@@H]2CSc3[nH]c4cc(OC)ccc4c3C[C@H](CC(=O)[C@@H]([C@@H](C)[C@@H](C)CC)NC(=O)C3C[C@@H](O)CN3C1=O)C(=O)NCC(=O)N[C@@H]([C@@H](C)CC)C(=O)NCC(=O)N2. The predicted molar refractivity (Wildman–Crippen MR) is 251 cm³/mol. The molecule has 0 spiro atoms. The van der Waals surface area contributed by atoms with Crippen molar-refractivity contribution in [2.45, 2.75) is 128 Å². The highest BCUT2D eigenvalue weighted by molar-refractivity contribution is 7.99. The second kappa shape index (κ2) is 23.9. The average Bonchev–Trinajstić information content (AvgIpc) is 3.88. The summed E-state index contributed by atoms with van der Waals surface area (Å²) in [6.07, 6.45) is 0.319. The number of allylic oxidation sites excluding steroid dienone is 1. The van der Waals surface area contributed by atoms with Gasteiger partial charge in [0.15, 0.2) is 11.6 Å². The van der Waals surface area contributed by atoms with Gasteiger partial charge in [-0.2, -0.15) is 0 Å². The second-order valence-electron chi connectivity index (χ2n) is 18.3. The van der Waals surface area contributed by atoms with Gasteiger partial charge in [0.2, 0.25) is 35.4 Å². The zero-order valence-corrected chi connectivity index (χ0v) is 40.2. The Hall–Kier alpha value is -5.56. The minimum Gasteiger partial charge on any atom is -0.497 e. The van der Waals surface area contributed by atoms with Crippen molar-refractivity contribution >= 4 is 75.5 Å². The van der Waals surface area contributed by atoms with Gasteiger partial charge in [-0.3, -0.25) is 43.2 Å². The zero-order chi connectivity index (χ0) is 49.1. The molecule has 1 saturated heterocycles. The maximum absolute atomic E-state index is 14.9. The number of rotatable bonds is 11. The number of fused-ring (bicyclic) bond motifs is 5. The van der Waals surface area contributed by atoms with Gasteiger partial charge >= 0.3 is 0 Å². The van der Waals surface area contributed by atoms with E-state index >= 15 is 0 Å². The molecule has 0 saturated carbocycles. The number of nitrogens with one attached hydrogen (secondary N) is 6. The molecule has 2 aromatic rings. The van der Waals surface area contributed by atoms with Crippen molar-refractivity contribution in [3.63, 3.8) is 0 Å². The molecule has 0 aliphatic carbocycles. The van der Waals surface area contributed by atoms with E-state index in [1.54, 1.807) is 31.2 Å². The van der Waals surface area contributed by atoms with Gasteiger partial charge in [0, 0.05) is 61.8 Å². The van der Waals surface area contributed by atoms with Crippen molar-refractivity contribution in [3.8, 4) is 5.75 Å². The largest absolute Gasteiger partial charge is 0.497 e. The van der Waals surface area contributed by atoms with Crippen molar-refractivity contribution < 1.29 is 53.0 Å². The Morgan fingerprint density at radius 3 is 2.27 bits per heavy atom. The number of ketones is 3. The Morgan fingerprint density at radius 1 is 0.896 bits per heavy atom. The molecule has 1 aromatic heterocycles. The molecule has 4 heterocycles. The van der Waals surface area contributed by atoms with Crippen LogP contribution in [0.5, 0.6) is 5.75 Å². The minimum absolute atomic E-state index is 0.0338. The van der Waals surface area contributed by atoms with Crippen LogP contribution in [0.15, 0.2) is 35.9 Å². The lowest BCUT2D eigenvalue weighted by Crippen LogP contribution is -2.56. The molecule has 7 N–H and O–H groups in total. The fourth-order valence-corrected chi connectivity index (χ4v) is 10.1. The van der Waals surface area contributed by atoms with Crippen LogP contribution in [0.3, 0.4) is 0 Å². The molecule has 18 nitrogen and oxygen atoms in total. The molecule has 1 fully saturated rings. The third kappa shape index (κ3) is 13.3. The monoisotopic (exact) mass is 949 g/mol. The summed E-state index contributed by atoms with van der Waals surface area (Å²) in [5.74, 6) is -8.63. The van der Waals surface area contributed by atoms with Gasteiger partial charge in [-0.25, -0.2) is 0 Å². The molecular weight excluding hydrogens is 883 g/mol. The number of hydrogen-bond acceptors (Lipinski definition) is 12. The van der Waals surface area contributed by atoms with Crippen LogP contribution < -0.4 is 31.3 Å². The first-order chi connectivity index (χ1) is 31.9. The van der Waals surface area contributed by atoms with Crippen LogP contribution in [-0.2, 0) is 49.6 Å². The zero-order valence-electron chi connectivity index (χ0n) is 39.4. The number of methoxy groups -OCH3 is 1. The van der Waals surface area contributed by atoms with E-state index < -0.39 is 127 Å². The molecule has 5 rings (SSSR count). The van der Waals surface area contributed by atoms with E-state index in [9.17, 15) is 48.3 Å². The van der Waals surface area contributed by atoms with Crippen LogP contribution in [0.2, 0.25) is 0 Å². The Bertz CT molecular complexity index is 2210. The number of carbonyl (C=O) groups excluding carboxylic acids is 9. The van der Waals surface area contributed by atoms with Gasteiger partial charge in [-0.15, -0.1) is 18.3 Å². The van der Waals surface area contributed by atoms with Crippen LogP contribution in [0, 0.1) is 29.6 Å². The minimum atomic E-state index is -1.31. The third-order valence-electron chi connectivity index (χ3n) is 13.6. The van der Waals surface area contributed by atoms with Crippen molar-refractivity contribution in [3.05, 3.63) is 36.4 Å². The summed E-state index contributed by atoms with van der Waals surface area (Å²) in [6.45, 7) is 11.5. The quantitative estimate of drug-likeness (QED) is 0.160. The van der Waals surface area contributed by atoms with Gasteiger partial charge in [0.05, 0.1) is 54.8 Å². The number of aliphatic hydroxyl groups excluding tert-OH is 1. The van der Waals surface area contributed by atoms with Crippen LogP contribution in [0.1, 0.15) is 91.5 Å². The first-order valence-electron chi connectivity index (χ1n) is 23.3. The second-order valence-corrected chi connectivity index (χ2v) is 19.3. The Kier molecular flexibility index (Phi) is 18.7.